The highest BCUT2D eigenvalue weighted by Gasteiger charge is 2.16. The van der Waals surface area contributed by atoms with Crippen LogP contribution in [0.25, 0.3) is 0 Å². The van der Waals surface area contributed by atoms with E-state index in [0.717, 1.165) is 38.3 Å². The Morgan fingerprint density at radius 1 is 1.04 bits per heavy atom. The molecule has 140 valence electrons. The first kappa shape index (κ1) is 20.1. The van der Waals surface area contributed by atoms with E-state index >= 15 is 0 Å². The summed E-state index contributed by atoms with van der Waals surface area (Å²) in [5.41, 5.74) is 0.840. The van der Waals surface area contributed by atoms with E-state index in [1.807, 2.05) is 4.90 Å². The van der Waals surface area contributed by atoms with Gasteiger partial charge in [0.05, 0.1) is 11.3 Å². The Hall–Kier alpha value is -2.25. The number of amides is 1. The summed E-state index contributed by atoms with van der Waals surface area (Å²) < 4.78 is 40.8. The van der Waals surface area contributed by atoms with Gasteiger partial charge in [-0.2, -0.15) is 0 Å². The summed E-state index contributed by atoms with van der Waals surface area (Å²) in [7, 11) is 0. The molecule has 0 unspecified atom stereocenters. The topological polar surface area (TPSA) is 44.4 Å². The number of carbonyl (C=O) groups excluding carboxylic acids is 1. The van der Waals surface area contributed by atoms with Crippen LogP contribution in [0.1, 0.15) is 15.9 Å². The van der Waals surface area contributed by atoms with Crippen molar-refractivity contribution in [3.63, 3.8) is 0 Å². The third-order valence-corrected chi connectivity index (χ3v) is 4.10. The average Bonchev–Trinajstić information content (AvgIpc) is 2.60. The second-order valence-electron chi connectivity index (χ2n) is 5.83. The van der Waals surface area contributed by atoms with Gasteiger partial charge < -0.3 is 15.5 Å². The first-order valence-electron chi connectivity index (χ1n) is 8.02. The molecule has 2 aromatic carbocycles. The smallest absolute Gasteiger partial charge is 0.254 e. The maximum absolute atomic E-state index is 14.3. The van der Waals surface area contributed by atoms with Crippen LogP contribution in [0.4, 0.5) is 18.9 Å². The number of piperazine rings is 1. The minimum Gasteiger partial charge on any atom is -0.367 e. The van der Waals surface area contributed by atoms with Gasteiger partial charge in [0.25, 0.3) is 5.91 Å². The Bertz CT molecular complexity index is 782. The van der Waals surface area contributed by atoms with E-state index in [0.29, 0.717) is 17.3 Å². The molecule has 2 aromatic rings. The molecular weight excluding hydrogens is 367 g/mol. The highest BCUT2D eigenvalue weighted by molar-refractivity contribution is 5.94. The Morgan fingerprint density at radius 3 is 2.42 bits per heavy atom. The van der Waals surface area contributed by atoms with Gasteiger partial charge in [-0.3, -0.25) is 4.79 Å². The largest absolute Gasteiger partial charge is 0.367 e. The van der Waals surface area contributed by atoms with Gasteiger partial charge in [-0.25, -0.2) is 13.2 Å². The van der Waals surface area contributed by atoms with Crippen LogP contribution >= 0.6 is 12.4 Å². The van der Waals surface area contributed by atoms with Crippen LogP contribution in [0.2, 0.25) is 0 Å². The Morgan fingerprint density at radius 2 is 1.77 bits per heavy atom. The van der Waals surface area contributed by atoms with Crippen LogP contribution in [0, 0.1) is 17.5 Å². The van der Waals surface area contributed by atoms with Crippen molar-refractivity contribution < 1.29 is 18.0 Å². The summed E-state index contributed by atoms with van der Waals surface area (Å²) in [5, 5.41) is 5.72. The molecule has 1 saturated heterocycles. The van der Waals surface area contributed by atoms with Crippen molar-refractivity contribution in [1.82, 2.24) is 10.6 Å². The van der Waals surface area contributed by atoms with E-state index < -0.39 is 17.5 Å². The van der Waals surface area contributed by atoms with Gasteiger partial charge in [0, 0.05) is 38.8 Å². The lowest BCUT2D eigenvalue weighted by Gasteiger charge is -2.29. The number of hydrogen-bond acceptors (Lipinski definition) is 3. The summed E-state index contributed by atoms with van der Waals surface area (Å²) in [6, 6.07) is 7.51. The number of hydrogen-bond donors (Lipinski definition) is 2. The van der Waals surface area contributed by atoms with Crippen LogP contribution < -0.4 is 15.5 Å². The molecular formula is C18H19ClF3N3O. The van der Waals surface area contributed by atoms with Crippen LogP contribution in [0.3, 0.4) is 0 Å². The maximum atomic E-state index is 14.3. The van der Waals surface area contributed by atoms with Crippen molar-refractivity contribution in [3.05, 3.63) is 65.0 Å². The quantitative estimate of drug-likeness (QED) is 0.850. The minimum absolute atomic E-state index is 0. The zero-order valence-electron chi connectivity index (χ0n) is 13.9. The van der Waals surface area contributed by atoms with Crippen molar-refractivity contribution in [1.29, 1.82) is 0 Å². The van der Waals surface area contributed by atoms with Gasteiger partial charge in [0.15, 0.2) is 0 Å². The van der Waals surface area contributed by atoms with E-state index in [4.69, 9.17) is 0 Å². The van der Waals surface area contributed by atoms with E-state index in [1.54, 1.807) is 12.1 Å². The van der Waals surface area contributed by atoms with Crippen LogP contribution in [-0.2, 0) is 6.54 Å². The highest BCUT2D eigenvalue weighted by atomic mass is 35.5. The van der Waals surface area contributed by atoms with Crippen LogP contribution in [0.15, 0.2) is 36.4 Å². The molecule has 0 aromatic heterocycles. The third kappa shape index (κ3) is 4.68. The Kier molecular flexibility index (Phi) is 6.88. The molecule has 0 bridgehead atoms. The zero-order valence-corrected chi connectivity index (χ0v) is 14.7. The van der Waals surface area contributed by atoms with Gasteiger partial charge in [-0.05, 0) is 29.8 Å². The lowest BCUT2D eigenvalue weighted by atomic mass is 10.1. The molecule has 26 heavy (non-hydrogen) atoms. The van der Waals surface area contributed by atoms with Gasteiger partial charge in [-0.15, -0.1) is 12.4 Å². The minimum atomic E-state index is -0.933. The molecule has 0 radical (unpaired) electrons. The average molecular weight is 386 g/mol. The molecule has 3 rings (SSSR count). The molecule has 1 aliphatic rings. The standard InChI is InChI=1S/C18H18F3N3O.ClH/c19-13-2-3-14(15(20)10-13)18(25)23-11-12-1-4-17(16(21)9-12)24-7-5-22-6-8-24;/h1-4,9-10,22H,5-8,11H2,(H,23,25);1H. The Labute approximate surface area is 155 Å². The van der Waals surface area contributed by atoms with Gasteiger partial charge in [0.1, 0.15) is 17.5 Å². The third-order valence-electron chi connectivity index (χ3n) is 4.10. The van der Waals surface area contributed by atoms with Gasteiger partial charge >= 0.3 is 0 Å². The SMILES string of the molecule is Cl.O=C(NCc1ccc(N2CCNCC2)c(F)c1)c1ccc(F)cc1F. The fourth-order valence-electron chi connectivity index (χ4n) is 2.77. The molecule has 4 nitrogen and oxygen atoms in total. The molecule has 1 aliphatic heterocycles. The second-order valence-corrected chi connectivity index (χ2v) is 5.83. The van der Waals surface area contributed by atoms with E-state index in [2.05, 4.69) is 10.6 Å². The molecule has 0 saturated carbocycles. The van der Waals surface area contributed by atoms with Gasteiger partial charge in [0.2, 0.25) is 0 Å². The van der Waals surface area contributed by atoms with Crippen LogP contribution in [0.5, 0.6) is 0 Å². The lowest BCUT2D eigenvalue weighted by molar-refractivity contribution is 0.0946. The van der Waals surface area contributed by atoms with Crippen molar-refractivity contribution in [2.24, 2.45) is 0 Å². The predicted molar refractivity (Wildman–Crippen MR) is 96.3 cm³/mol. The summed E-state index contributed by atoms with van der Waals surface area (Å²) in [5.74, 6) is -2.72. The van der Waals surface area contributed by atoms with Crippen LogP contribution in [-0.4, -0.2) is 32.1 Å². The van der Waals surface area contributed by atoms with Crippen molar-refractivity contribution >= 4 is 24.0 Å². The zero-order chi connectivity index (χ0) is 17.8. The molecule has 0 spiro atoms. The summed E-state index contributed by atoms with van der Waals surface area (Å²) in [6.07, 6.45) is 0. The monoisotopic (exact) mass is 385 g/mol. The normalized spacial score (nSPS) is 13.9. The maximum Gasteiger partial charge on any atom is 0.254 e. The highest BCUT2D eigenvalue weighted by Crippen LogP contribution is 2.21. The number of halogens is 4. The molecule has 0 atom stereocenters. The molecule has 2 N–H and O–H groups in total. The van der Waals surface area contributed by atoms with Gasteiger partial charge in [-0.1, -0.05) is 6.07 Å². The number of nitrogens with one attached hydrogen (secondary N) is 2. The van der Waals surface area contributed by atoms with Crippen molar-refractivity contribution in [2.75, 3.05) is 31.1 Å². The fraction of sp³-hybridized carbons (Fsp3) is 0.278. The second kappa shape index (κ2) is 8.91. The van der Waals surface area contributed by atoms with E-state index in [9.17, 15) is 18.0 Å². The number of rotatable bonds is 4. The lowest BCUT2D eigenvalue weighted by Crippen LogP contribution is -2.43. The van der Waals surface area contributed by atoms with E-state index in [1.165, 1.54) is 6.07 Å². The summed E-state index contributed by atoms with van der Waals surface area (Å²) in [4.78, 5) is 13.9. The number of anilines is 1. The predicted octanol–water partition coefficient (Wildman–Crippen LogP) is 2.87. The summed E-state index contributed by atoms with van der Waals surface area (Å²) >= 11 is 0. The summed E-state index contributed by atoms with van der Waals surface area (Å²) in [6.45, 7) is 3.13. The molecule has 1 heterocycles. The van der Waals surface area contributed by atoms with Crippen molar-refractivity contribution in [3.8, 4) is 0 Å². The molecule has 1 amide bonds. The first-order valence-corrected chi connectivity index (χ1v) is 8.02. The fourth-order valence-corrected chi connectivity index (χ4v) is 2.77. The molecule has 1 fully saturated rings. The number of nitrogens with zero attached hydrogens (tertiary/aromatic N) is 1. The number of carbonyl (C=O) groups is 1. The van der Waals surface area contributed by atoms with Crippen molar-refractivity contribution in [2.45, 2.75) is 6.54 Å². The molecule has 0 aliphatic carbocycles. The Balaban J connectivity index is 0.00000243. The number of benzene rings is 2. The van der Waals surface area contributed by atoms with E-state index in [-0.39, 0.29) is 30.3 Å². The molecule has 8 heteroatoms. The first-order chi connectivity index (χ1) is 12.0.